The van der Waals surface area contributed by atoms with E-state index in [0.717, 1.165) is 5.69 Å². The van der Waals surface area contributed by atoms with Gasteiger partial charge < -0.3 is 0 Å². The standard InChI is InChI=1S/C8H9NO3/c1-2-4-8(5-3-1)9-6-11-12-7-10-9/h1-5H,6-7H2. The summed E-state index contributed by atoms with van der Waals surface area (Å²) in [4.78, 5) is 14.4. The number of hydrogen-bond donors (Lipinski definition) is 0. The van der Waals surface area contributed by atoms with Gasteiger partial charge in [0.25, 0.3) is 0 Å². The van der Waals surface area contributed by atoms with Crippen LogP contribution in [0, 0.1) is 0 Å². The van der Waals surface area contributed by atoms with E-state index in [1.54, 1.807) is 5.06 Å². The average molecular weight is 167 g/mol. The molecule has 12 heavy (non-hydrogen) atoms. The highest BCUT2D eigenvalue weighted by molar-refractivity contribution is 5.42. The van der Waals surface area contributed by atoms with Gasteiger partial charge in [-0.1, -0.05) is 18.2 Å². The second-order valence-corrected chi connectivity index (χ2v) is 2.33. The third-order valence-electron chi connectivity index (χ3n) is 1.55. The Morgan fingerprint density at radius 2 is 1.92 bits per heavy atom. The van der Waals surface area contributed by atoms with Crippen molar-refractivity contribution in [3.8, 4) is 0 Å². The molecular weight excluding hydrogens is 158 g/mol. The van der Waals surface area contributed by atoms with E-state index in [2.05, 4.69) is 4.89 Å². The lowest BCUT2D eigenvalue weighted by Gasteiger charge is -2.26. The van der Waals surface area contributed by atoms with Gasteiger partial charge in [-0.2, -0.15) is 0 Å². The zero-order chi connectivity index (χ0) is 8.23. The number of benzene rings is 1. The number of para-hydroxylation sites is 1. The number of hydrogen-bond acceptors (Lipinski definition) is 4. The first-order valence-electron chi connectivity index (χ1n) is 3.67. The summed E-state index contributed by atoms with van der Waals surface area (Å²) in [5.41, 5.74) is 0.959. The minimum absolute atomic E-state index is 0.134. The summed E-state index contributed by atoms with van der Waals surface area (Å²) < 4.78 is 0. The zero-order valence-electron chi connectivity index (χ0n) is 6.47. The molecule has 64 valence electrons. The van der Waals surface area contributed by atoms with Crippen LogP contribution < -0.4 is 5.06 Å². The molecule has 0 radical (unpaired) electrons. The molecule has 0 spiro atoms. The van der Waals surface area contributed by atoms with Gasteiger partial charge in [-0.25, -0.2) is 19.7 Å². The number of nitrogens with zero attached hydrogens (tertiary/aromatic N) is 1. The van der Waals surface area contributed by atoms with Gasteiger partial charge in [-0.3, -0.25) is 0 Å². The first-order valence-corrected chi connectivity index (χ1v) is 3.67. The van der Waals surface area contributed by atoms with E-state index in [-0.39, 0.29) is 6.79 Å². The predicted octanol–water partition coefficient (Wildman–Crippen LogP) is 1.30. The van der Waals surface area contributed by atoms with Crippen LogP contribution in [0.4, 0.5) is 5.69 Å². The largest absolute Gasteiger partial charge is 0.239 e. The molecule has 1 aromatic rings. The lowest BCUT2D eigenvalue weighted by Crippen LogP contribution is -2.32. The molecule has 1 saturated heterocycles. The smallest absolute Gasteiger partial charge is 0.207 e. The van der Waals surface area contributed by atoms with Gasteiger partial charge in [0.1, 0.15) is 0 Å². The van der Waals surface area contributed by atoms with Gasteiger partial charge in [0.2, 0.25) is 6.79 Å². The SMILES string of the molecule is c1ccc(N2COOCO2)cc1. The topological polar surface area (TPSA) is 30.9 Å². The average Bonchev–Trinajstić information content (AvgIpc) is 2.21. The Bertz CT molecular complexity index is 233. The Morgan fingerprint density at radius 1 is 1.08 bits per heavy atom. The molecule has 1 heterocycles. The van der Waals surface area contributed by atoms with Crippen LogP contribution in [0.15, 0.2) is 30.3 Å². The minimum Gasteiger partial charge on any atom is -0.239 e. The highest BCUT2D eigenvalue weighted by atomic mass is 17.2. The summed E-state index contributed by atoms with van der Waals surface area (Å²) in [6.45, 7) is 0.429. The third-order valence-corrected chi connectivity index (χ3v) is 1.55. The molecule has 0 unspecified atom stereocenters. The molecule has 4 nitrogen and oxygen atoms in total. The lowest BCUT2D eigenvalue weighted by atomic mass is 10.3. The van der Waals surface area contributed by atoms with Crippen molar-refractivity contribution in [2.24, 2.45) is 0 Å². The Balaban J connectivity index is 2.08. The minimum atomic E-state index is 0.134. The van der Waals surface area contributed by atoms with Gasteiger partial charge in [-0.15, -0.1) is 0 Å². The monoisotopic (exact) mass is 167 g/mol. The van der Waals surface area contributed by atoms with Crippen molar-refractivity contribution < 1.29 is 14.6 Å². The van der Waals surface area contributed by atoms with Crippen LogP contribution in [0.5, 0.6) is 0 Å². The zero-order valence-corrected chi connectivity index (χ0v) is 6.47. The normalized spacial score (nSPS) is 17.8. The lowest BCUT2D eigenvalue weighted by molar-refractivity contribution is -0.380. The molecule has 0 bridgehead atoms. The first kappa shape index (κ1) is 7.54. The second-order valence-electron chi connectivity index (χ2n) is 2.33. The van der Waals surface area contributed by atoms with E-state index < -0.39 is 0 Å². The van der Waals surface area contributed by atoms with Gasteiger partial charge in [0.05, 0.1) is 5.69 Å². The van der Waals surface area contributed by atoms with Crippen molar-refractivity contribution in [2.75, 3.05) is 18.6 Å². The Labute approximate surface area is 70.1 Å². The predicted molar refractivity (Wildman–Crippen MR) is 41.9 cm³/mol. The maximum atomic E-state index is 5.15. The van der Waals surface area contributed by atoms with Crippen LogP contribution in [-0.4, -0.2) is 13.5 Å². The molecule has 2 rings (SSSR count). The fraction of sp³-hybridized carbons (Fsp3) is 0.250. The van der Waals surface area contributed by atoms with Crippen LogP contribution in [-0.2, 0) is 14.6 Å². The Kier molecular flexibility index (Phi) is 2.22. The fourth-order valence-electron chi connectivity index (χ4n) is 0.985. The van der Waals surface area contributed by atoms with Crippen molar-refractivity contribution in [3.63, 3.8) is 0 Å². The van der Waals surface area contributed by atoms with E-state index in [1.807, 2.05) is 30.3 Å². The van der Waals surface area contributed by atoms with Gasteiger partial charge >= 0.3 is 0 Å². The molecule has 1 aliphatic heterocycles. The van der Waals surface area contributed by atoms with E-state index in [4.69, 9.17) is 9.73 Å². The van der Waals surface area contributed by atoms with Gasteiger partial charge in [0.15, 0.2) is 6.73 Å². The van der Waals surface area contributed by atoms with Crippen molar-refractivity contribution in [1.29, 1.82) is 0 Å². The molecule has 1 aromatic carbocycles. The summed E-state index contributed by atoms with van der Waals surface area (Å²) in [5, 5.41) is 1.63. The van der Waals surface area contributed by atoms with E-state index >= 15 is 0 Å². The fourth-order valence-corrected chi connectivity index (χ4v) is 0.985. The highest BCUT2D eigenvalue weighted by Crippen LogP contribution is 2.15. The van der Waals surface area contributed by atoms with Crippen molar-refractivity contribution in [1.82, 2.24) is 0 Å². The van der Waals surface area contributed by atoms with Crippen molar-refractivity contribution in [3.05, 3.63) is 30.3 Å². The summed E-state index contributed by atoms with van der Waals surface area (Å²) in [6, 6.07) is 9.70. The quantitative estimate of drug-likeness (QED) is 0.590. The first-order chi connectivity index (χ1) is 5.97. The summed E-state index contributed by atoms with van der Waals surface area (Å²) >= 11 is 0. The van der Waals surface area contributed by atoms with E-state index in [9.17, 15) is 0 Å². The molecule has 0 saturated carbocycles. The van der Waals surface area contributed by atoms with Crippen molar-refractivity contribution in [2.45, 2.75) is 0 Å². The molecule has 0 amide bonds. The molecule has 0 aliphatic carbocycles. The van der Waals surface area contributed by atoms with E-state index in [1.165, 1.54) is 0 Å². The second kappa shape index (κ2) is 3.53. The number of hydroxylamine groups is 1. The summed E-state index contributed by atoms with van der Waals surface area (Å²) in [7, 11) is 0. The van der Waals surface area contributed by atoms with Crippen molar-refractivity contribution >= 4 is 5.69 Å². The van der Waals surface area contributed by atoms with Crippen LogP contribution >= 0.6 is 0 Å². The maximum absolute atomic E-state index is 5.15. The van der Waals surface area contributed by atoms with Crippen LogP contribution in [0.1, 0.15) is 0 Å². The van der Waals surface area contributed by atoms with Gasteiger partial charge in [-0.05, 0) is 12.1 Å². The molecule has 0 N–H and O–H groups in total. The number of rotatable bonds is 1. The highest BCUT2D eigenvalue weighted by Gasteiger charge is 2.11. The van der Waals surface area contributed by atoms with Crippen LogP contribution in [0.25, 0.3) is 0 Å². The Hall–Kier alpha value is -1.10. The molecule has 0 atom stereocenters. The molecule has 0 aromatic heterocycles. The summed E-state index contributed by atoms with van der Waals surface area (Å²) in [6.07, 6.45) is 0. The van der Waals surface area contributed by atoms with Gasteiger partial charge in [0, 0.05) is 0 Å². The maximum Gasteiger partial charge on any atom is 0.207 e. The third kappa shape index (κ3) is 1.55. The Morgan fingerprint density at radius 3 is 2.58 bits per heavy atom. The molecule has 4 heteroatoms. The van der Waals surface area contributed by atoms with Crippen LogP contribution in [0.2, 0.25) is 0 Å². The molecule has 1 aliphatic rings. The molecular formula is C8H9NO3. The molecule has 1 fully saturated rings. The number of anilines is 1. The van der Waals surface area contributed by atoms with E-state index in [0.29, 0.717) is 6.73 Å². The summed E-state index contributed by atoms with van der Waals surface area (Å²) in [5.74, 6) is 0. The van der Waals surface area contributed by atoms with Crippen LogP contribution in [0.3, 0.4) is 0 Å².